The highest BCUT2D eigenvalue weighted by Crippen LogP contribution is 2.10. The summed E-state index contributed by atoms with van der Waals surface area (Å²) in [4.78, 5) is 23.5. The molecule has 0 radical (unpaired) electrons. The van der Waals surface area contributed by atoms with Crippen molar-refractivity contribution in [3.8, 4) is 0 Å². The van der Waals surface area contributed by atoms with Crippen molar-refractivity contribution in [2.45, 2.75) is 0 Å². The third-order valence-electron chi connectivity index (χ3n) is 2.43. The molecule has 0 atom stereocenters. The van der Waals surface area contributed by atoms with Crippen LogP contribution >= 0.6 is 15.9 Å². The highest BCUT2D eigenvalue weighted by atomic mass is 79.9. The molecule has 0 saturated carbocycles. The van der Waals surface area contributed by atoms with Gasteiger partial charge in [0, 0.05) is 15.6 Å². The van der Waals surface area contributed by atoms with Gasteiger partial charge < -0.3 is 0 Å². The third kappa shape index (κ3) is 3.66. The predicted molar refractivity (Wildman–Crippen MR) is 75.5 cm³/mol. The van der Waals surface area contributed by atoms with Gasteiger partial charge in [-0.15, -0.1) is 0 Å². The van der Waals surface area contributed by atoms with Crippen molar-refractivity contribution in [2.24, 2.45) is 0 Å². The fourth-order valence-corrected chi connectivity index (χ4v) is 1.71. The van der Waals surface area contributed by atoms with Crippen molar-refractivity contribution in [3.63, 3.8) is 0 Å². The van der Waals surface area contributed by atoms with E-state index < -0.39 is 0 Å². The zero-order valence-electron chi connectivity index (χ0n) is 9.89. The Balaban J connectivity index is 1.94. The zero-order chi connectivity index (χ0) is 13.7. The van der Waals surface area contributed by atoms with Crippen molar-refractivity contribution in [2.75, 3.05) is 0 Å². The highest BCUT2D eigenvalue weighted by Gasteiger charge is 2.08. The molecule has 0 spiro atoms. The average molecular weight is 319 g/mol. The Labute approximate surface area is 118 Å². The maximum Gasteiger partial charge on any atom is 0.269 e. The maximum atomic E-state index is 11.8. The lowest BCUT2D eigenvalue weighted by Crippen LogP contribution is -2.41. The van der Waals surface area contributed by atoms with E-state index in [1.54, 1.807) is 48.5 Å². The van der Waals surface area contributed by atoms with E-state index in [1.807, 2.05) is 6.07 Å². The molecule has 0 aliphatic rings. The van der Waals surface area contributed by atoms with Crippen molar-refractivity contribution in [1.29, 1.82) is 0 Å². The van der Waals surface area contributed by atoms with Crippen molar-refractivity contribution < 1.29 is 9.59 Å². The number of hydrazine groups is 1. The summed E-state index contributed by atoms with van der Waals surface area (Å²) in [7, 11) is 0. The van der Waals surface area contributed by atoms with Crippen LogP contribution in [0.25, 0.3) is 0 Å². The molecule has 96 valence electrons. The lowest BCUT2D eigenvalue weighted by atomic mass is 10.2. The number of amides is 2. The standard InChI is InChI=1S/C14H11BrN2O2/c15-12-8-6-11(7-9-12)14(19)17-16-13(18)10-4-2-1-3-5-10/h1-9H,(H,16,18)(H,17,19). The van der Waals surface area contributed by atoms with E-state index in [0.717, 1.165) is 4.47 Å². The Hall–Kier alpha value is -2.14. The Morgan fingerprint density at radius 1 is 0.737 bits per heavy atom. The number of hydrogen-bond donors (Lipinski definition) is 2. The number of carbonyl (C=O) groups excluding carboxylic acids is 2. The van der Waals surface area contributed by atoms with Crippen LogP contribution in [-0.4, -0.2) is 11.8 Å². The van der Waals surface area contributed by atoms with Crippen LogP contribution in [0.3, 0.4) is 0 Å². The van der Waals surface area contributed by atoms with Crippen LogP contribution in [0.1, 0.15) is 20.7 Å². The normalized spacial score (nSPS) is 9.74. The van der Waals surface area contributed by atoms with Crippen LogP contribution in [0.5, 0.6) is 0 Å². The number of rotatable bonds is 2. The Morgan fingerprint density at radius 2 is 1.21 bits per heavy atom. The fourth-order valence-electron chi connectivity index (χ4n) is 1.45. The van der Waals surface area contributed by atoms with Gasteiger partial charge in [0.2, 0.25) is 0 Å². The zero-order valence-corrected chi connectivity index (χ0v) is 11.5. The van der Waals surface area contributed by atoms with E-state index in [2.05, 4.69) is 26.8 Å². The van der Waals surface area contributed by atoms with Gasteiger partial charge in [-0.2, -0.15) is 0 Å². The molecule has 4 nitrogen and oxygen atoms in total. The largest absolute Gasteiger partial charge is 0.269 e. The molecule has 0 saturated heterocycles. The minimum absolute atomic E-state index is 0.355. The van der Waals surface area contributed by atoms with E-state index in [4.69, 9.17) is 0 Å². The van der Waals surface area contributed by atoms with Gasteiger partial charge >= 0.3 is 0 Å². The van der Waals surface area contributed by atoms with Crippen LogP contribution in [0.2, 0.25) is 0 Å². The monoisotopic (exact) mass is 318 g/mol. The summed E-state index contributed by atoms with van der Waals surface area (Å²) < 4.78 is 0.886. The van der Waals surface area contributed by atoms with Gasteiger partial charge in [-0.3, -0.25) is 20.4 Å². The quantitative estimate of drug-likeness (QED) is 0.836. The van der Waals surface area contributed by atoms with E-state index in [9.17, 15) is 9.59 Å². The molecule has 2 amide bonds. The summed E-state index contributed by atoms with van der Waals surface area (Å²) in [6, 6.07) is 15.5. The van der Waals surface area contributed by atoms with E-state index in [1.165, 1.54) is 0 Å². The molecular weight excluding hydrogens is 308 g/mol. The Kier molecular flexibility index (Phi) is 4.30. The molecule has 0 aromatic heterocycles. The summed E-state index contributed by atoms with van der Waals surface area (Å²) >= 11 is 3.29. The summed E-state index contributed by atoms with van der Waals surface area (Å²) in [5.41, 5.74) is 5.68. The topological polar surface area (TPSA) is 58.2 Å². The maximum absolute atomic E-state index is 11.8. The number of benzene rings is 2. The average Bonchev–Trinajstić information content (AvgIpc) is 2.46. The van der Waals surface area contributed by atoms with E-state index in [0.29, 0.717) is 11.1 Å². The second kappa shape index (κ2) is 6.15. The molecule has 0 fully saturated rings. The van der Waals surface area contributed by atoms with Crippen molar-refractivity contribution in [3.05, 3.63) is 70.2 Å². The Morgan fingerprint density at radius 3 is 1.74 bits per heavy atom. The fraction of sp³-hybridized carbons (Fsp3) is 0. The lowest BCUT2D eigenvalue weighted by Gasteiger charge is -2.07. The van der Waals surface area contributed by atoms with Crippen LogP contribution in [0, 0.1) is 0 Å². The Bertz CT molecular complexity index is 582. The lowest BCUT2D eigenvalue weighted by molar-refractivity contribution is 0.0846. The molecule has 5 heteroatoms. The molecule has 0 unspecified atom stereocenters. The van der Waals surface area contributed by atoms with Gasteiger partial charge in [0.15, 0.2) is 0 Å². The first kappa shape index (κ1) is 13.3. The van der Waals surface area contributed by atoms with Crippen LogP contribution in [0.15, 0.2) is 59.1 Å². The van der Waals surface area contributed by atoms with Gasteiger partial charge in [-0.25, -0.2) is 0 Å². The number of carbonyl (C=O) groups is 2. The van der Waals surface area contributed by atoms with Crippen LogP contribution in [0.4, 0.5) is 0 Å². The molecule has 19 heavy (non-hydrogen) atoms. The minimum Gasteiger partial charge on any atom is -0.267 e. The molecule has 0 aliphatic heterocycles. The molecule has 2 N–H and O–H groups in total. The first-order valence-corrected chi connectivity index (χ1v) is 6.37. The van der Waals surface area contributed by atoms with Crippen molar-refractivity contribution in [1.82, 2.24) is 10.9 Å². The first-order chi connectivity index (χ1) is 9.16. The van der Waals surface area contributed by atoms with Gasteiger partial charge in [-0.05, 0) is 36.4 Å². The van der Waals surface area contributed by atoms with Crippen LogP contribution < -0.4 is 10.9 Å². The third-order valence-corrected chi connectivity index (χ3v) is 2.96. The van der Waals surface area contributed by atoms with Gasteiger partial charge in [0.1, 0.15) is 0 Å². The minimum atomic E-state index is -0.364. The van der Waals surface area contributed by atoms with E-state index in [-0.39, 0.29) is 11.8 Å². The molecular formula is C14H11BrN2O2. The summed E-state index contributed by atoms with van der Waals surface area (Å²) in [6.07, 6.45) is 0. The first-order valence-electron chi connectivity index (χ1n) is 5.58. The molecule has 0 heterocycles. The van der Waals surface area contributed by atoms with E-state index >= 15 is 0 Å². The summed E-state index contributed by atoms with van der Waals surface area (Å²) in [5.74, 6) is -0.720. The number of halogens is 1. The van der Waals surface area contributed by atoms with Crippen LogP contribution in [-0.2, 0) is 0 Å². The molecule has 2 rings (SSSR count). The smallest absolute Gasteiger partial charge is 0.267 e. The molecule has 0 aliphatic carbocycles. The molecule has 2 aromatic carbocycles. The van der Waals surface area contributed by atoms with Gasteiger partial charge in [-0.1, -0.05) is 34.1 Å². The highest BCUT2D eigenvalue weighted by molar-refractivity contribution is 9.10. The predicted octanol–water partition coefficient (Wildman–Crippen LogP) is 2.52. The number of nitrogens with one attached hydrogen (secondary N) is 2. The molecule has 2 aromatic rings. The molecule has 0 bridgehead atoms. The van der Waals surface area contributed by atoms with Gasteiger partial charge in [0.25, 0.3) is 11.8 Å². The number of hydrogen-bond acceptors (Lipinski definition) is 2. The summed E-state index contributed by atoms with van der Waals surface area (Å²) in [6.45, 7) is 0. The second-order valence-electron chi connectivity index (χ2n) is 3.78. The van der Waals surface area contributed by atoms with Crippen molar-refractivity contribution >= 4 is 27.7 Å². The van der Waals surface area contributed by atoms with Gasteiger partial charge in [0.05, 0.1) is 0 Å². The second-order valence-corrected chi connectivity index (χ2v) is 4.70. The SMILES string of the molecule is O=C(NNC(=O)c1ccc(Br)cc1)c1ccccc1. The summed E-state index contributed by atoms with van der Waals surface area (Å²) in [5, 5.41) is 0.